The normalized spacial score (nSPS) is 10.9. The number of amides is 1. The molecule has 5 heteroatoms. The van der Waals surface area contributed by atoms with Gasteiger partial charge in [0.05, 0.1) is 5.69 Å². The van der Waals surface area contributed by atoms with Crippen molar-refractivity contribution in [3.8, 4) is 0 Å². The lowest BCUT2D eigenvalue weighted by Crippen LogP contribution is -2.24. The minimum Gasteiger partial charge on any atom is -0.351 e. The van der Waals surface area contributed by atoms with Crippen molar-refractivity contribution in [3.05, 3.63) is 54.0 Å². The number of nitrogens with one attached hydrogen (secondary N) is 1. The summed E-state index contributed by atoms with van der Waals surface area (Å²) in [5.74, 6) is 0.0480. The van der Waals surface area contributed by atoms with Gasteiger partial charge in [0.25, 0.3) is 5.91 Å². The third-order valence-corrected chi connectivity index (χ3v) is 3.39. The van der Waals surface area contributed by atoms with Gasteiger partial charge in [0, 0.05) is 30.9 Å². The molecule has 0 saturated heterocycles. The van der Waals surface area contributed by atoms with Crippen molar-refractivity contribution in [1.82, 2.24) is 15.0 Å². The lowest BCUT2D eigenvalue weighted by Gasteiger charge is -2.06. The Morgan fingerprint density at radius 3 is 3.00 bits per heavy atom. The molecule has 0 radical (unpaired) electrons. The molecule has 0 atom stereocenters. The quantitative estimate of drug-likeness (QED) is 0.732. The number of para-hydroxylation sites is 1. The van der Waals surface area contributed by atoms with Crippen molar-refractivity contribution in [2.75, 3.05) is 6.54 Å². The number of fused-ring (bicyclic) bond motifs is 1. The van der Waals surface area contributed by atoms with Crippen LogP contribution >= 0.6 is 0 Å². The molecule has 1 amide bonds. The second-order valence-electron chi connectivity index (χ2n) is 5.01. The summed E-state index contributed by atoms with van der Waals surface area (Å²) in [7, 11) is 0. The summed E-state index contributed by atoms with van der Waals surface area (Å²) in [5, 5.41) is 7.77. The molecule has 3 rings (SSSR count). The van der Waals surface area contributed by atoms with Gasteiger partial charge in [-0.1, -0.05) is 23.4 Å². The maximum atomic E-state index is 11.8. The molecule has 0 aliphatic rings. The van der Waals surface area contributed by atoms with Gasteiger partial charge in [0.1, 0.15) is 0 Å². The van der Waals surface area contributed by atoms with Crippen molar-refractivity contribution in [3.63, 3.8) is 0 Å². The lowest BCUT2D eigenvalue weighted by atomic mass is 10.2. The second-order valence-corrected chi connectivity index (χ2v) is 5.01. The second kappa shape index (κ2) is 5.83. The van der Waals surface area contributed by atoms with Gasteiger partial charge in [0.2, 0.25) is 5.76 Å². The maximum absolute atomic E-state index is 11.8. The average molecular weight is 283 g/mol. The first-order valence-electron chi connectivity index (χ1n) is 6.99. The van der Waals surface area contributed by atoms with Crippen LogP contribution in [-0.2, 0) is 6.54 Å². The predicted molar refractivity (Wildman–Crippen MR) is 80.1 cm³/mol. The zero-order valence-electron chi connectivity index (χ0n) is 11.9. The fourth-order valence-corrected chi connectivity index (χ4v) is 2.34. The summed E-state index contributed by atoms with van der Waals surface area (Å²) < 4.78 is 7.11. The Balaban J connectivity index is 1.51. The molecule has 0 bridgehead atoms. The van der Waals surface area contributed by atoms with Crippen molar-refractivity contribution in [1.29, 1.82) is 0 Å². The van der Waals surface area contributed by atoms with Gasteiger partial charge in [-0.2, -0.15) is 0 Å². The Bertz CT molecular complexity index is 758. The number of hydrogen-bond acceptors (Lipinski definition) is 3. The Hall–Kier alpha value is -2.56. The topological polar surface area (TPSA) is 60.1 Å². The highest BCUT2D eigenvalue weighted by molar-refractivity contribution is 5.91. The molecular formula is C16H17N3O2. The van der Waals surface area contributed by atoms with E-state index in [0.717, 1.165) is 13.0 Å². The standard InChI is InChI=1S/C16H17N3O2/c1-12-11-15(21-18-12)16(20)17-8-4-9-19-10-7-13-5-2-3-6-14(13)19/h2-3,5-7,10-11H,4,8-9H2,1H3,(H,17,20). The number of rotatable bonds is 5. The van der Waals surface area contributed by atoms with E-state index in [4.69, 9.17) is 4.52 Å². The molecule has 2 heterocycles. The highest BCUT2D eigenvalue weighted by atomic mass is 16.5. The van der Waals surface area contributed by atoms with E-state index in [9.17, 15) is 4.79 Å². The average Bonchev–Trinajstić information content (AvgIpc) is 3.10. The summed E-state index contributed by atoms with van der Waals surface area (Å²) in [6.45, 7) is 3.26. The summed E-state index contributed by atoms with van der Waals surface area (Å²) >= 11 is 0. The van der Waals surface area contributed by atoms with Crippen molar-refractivity contribution >= 4 is 16.8 Å². The smallest absolute Gasteiger partial charge is 0.289 e. The Morgan fingerprint density at radius 1 is 1.33 bits per heavy atom. The molecule has 0 fully saturated rings. The number of benzene rings is 1. The zero-order chi connectivity index (χ0) is 14.7. The number of hydrogen-bond donors (Lipinski definition) is 1. The maximum Gasteiger partial charge on any atom is 0.289 e. The summed E-state index contributed by atoms with van der Waals surface area (Å²) in [6, 6.07) is 12.0. The van der Waals surface area contributed by atoms with E-state index in [1.54, 1.807) is 13.0 Å². The van der Waals surface area contributed by atoms with Gasteiger partial charge in [-0.05, 0) is 30.9 Å². The monoisotopic (exact) mass is 283 g/mol. The number of carbonyl (C=O) groups excluding carboxylic acids is 1. The summed E-state index contributed by atoms with van der Waals surface area (Å²) in [4.78, 5) is 11.8. The molecule has 3 aromatic rings. The molecule has 5 nitrogen and oxygen atoms in total. The first-order valence-corrected chi connectivity index (χ1v) is 6.99. The van der Waals surface area contributed by atoms with E-state index in [1.807, 2.05) is 12.1 Å². The molecule has 108 valence electrons. The van der Waals surface area contributed by atoms with Crippen LogP contribution < -0.4 is 5.32 Å². The van der Waals surface area contributed by atoms with E-state index in [1.165, 1.54) is 10.9 Å². The van der Waals surface area contributed by atoms with Crippen molar-refractivity contribution < 1.29 is 9.32 Å². The van der Waals surface area contributed by atoms with Gasteiger partial charge in [0.15, 0.2) is 0 Å². The van der Waals surface area contributed by atoms with Gasteiger partial charge < -0.3 is 14.4 Å². The molecular weight excluding hydrogens is 266 g/mol. The minimum atomic E-state index is -0.215. The van der Waals surface area contributed by atoms with Crippen LogP contribution in [0.1, 0.15) is 22.7 Å². The largest absolute Gasteiger partial charge is 0.351 e. The number of carbonyl (C=O) groups is 1. The SMILES string of the molecule is Cc1cc(C(=O)NCCCn2ccc3ccccc32)on1. The molecule has 0 aliphatic carbocycles. The molecule has 2 aromatic heterocycles. The third-order valence-electron chi connectivity index (χ3n) is 3.39. The minimum absolute atomic E-state index is 0.215. The fraction of sp³-hybridized carbons (Fsp3) is 0.250. The molecule has 1 N–H and O–H groups in total. The van der Waals surface area contributed by atoms with Crippen LogP contribution in [0.5, 0.6) is 0 Å². The Kier molecular flexibility index (Phi) is 3.73. The van der Waals surface area contributed by atoms with E-state index in [2.05, 4.69) is 39.4 Å². The molecule has 0 unspecified atom stereocenters. The summed E-state index contributed by atoms with van der Waals surface area (Å²) in [6.07, 6.45) is 2.93. The number of aryl methyl sites for hydroxylation is 2. The first kappa shape index (κ1) is 13.4. The van der Waals surface area contributed by atoms with Crippen LogP contribution in [0.4, 0.5) is 0 Å². The lowest BCUT2D eigenvalue weighted by molar-refractivity contribution is 0.0916. The Labute approximate surface area is 122 Å². The van der Waals surface area contributed by atoms with E-state index < -0.39 is 0 Å². The molecule has 21 heavy (non-hydrogen) atoms. The van der Waals surface area contributed by atoms with Gasteiger partial charge in [-0.3, -0.25) is 4.79 Å². The van der Waals surface area contributed by atoms with E-state index >= 15 is 0 Å². The molecule has 0 spiro atoms. The number of aromatic nitrogens is 2. The fourth-order valence-electron chi connectivity index (χ4n) is 2.34. The van der Waals surface area contributed by atoms with Gasteiger partial charge in [-0.15, -0.1) is 0 Å². The van der Waals surface area contributed by atoms with Crippen LogP contribution in [0.2, 0.25) is 0 Å². The van der Waals surface area contributed by atoms with Crippen LogP contribution in [0.3, 0.4) is 0 Å². The highest BCUT2D eigenvalue weighted by Gasteiger charge is 2.10. The highest BCUT2D eigenvalue weighted by Crippen LogP contribution is 2.15. The van der Waals surface area contributed by atoms with Crippen LogP contribution in [0, 0.1) is 6.92 Å². The van der Waals surface area contributed by atoms with Crippen LogP contribution in [0.15, 0.2) is 47.1 Å². The predicted octanol–water partition coefficient (Wildman–Crippen LogP) is 2.76. The third kappa shape index (κ3) is 2.97. The summed E-state index contributed by atoms with van der Waals surface area (Å²) in [5.41, 5.74) is 1.92. The number of nitrogens with zero attached hydrogens (tertiary/aromatic N) is 2. The van der Waals surface area contributed by atoms with Crippen molar-refractivity contribution in [2.45, 2.75) is 19.9 Å². The molecule has 1 aromatic carbocycles. The van der Waals surface area contributed by atoms with Crippen molar-refractivity contribution in [2.24, 2.45) is 0 Å². The van der Waals surface area contributed by atoms with E-state index in [0.29, 0.717) is 12.2 Å². The zero-order valence-corrected chi connectivity index (χ0v) is 11.9. The first-order chi connectivity index (χ1) is 10.2. The molecule has 0 aliphatic heterocycles. The van der Waals surface area contributed by atoms with Crippen LogP contribution in [-0.4, -0.2) is 22.2 Å². The van der Waals surface area contributed by atoms with Gasteiger partial charge in [-0.25, -0.2) is 0 Å². The molecule has 0 saturated carbocycles. The Morgan fingerprint density at radius 2 is 2.19 bits per heavy atom. The van der Waals surface area contributed by atoms with E-state index in [-0.39, 0.29) is 11.7 Å². The van der Waals surface area contributed by atoms with Gasteiger partial charge >= 0.3 is 0 Å². The van der Waals surface area contributed by atoms with Crippen LogP contribution in [0.25, 0.3) is 10.9 Å².